The molecule has 0 radical (unpaired) electrons. The first-order chi connectivity index (χ1) is 12.6. The van der Waals surface area contributed by atoms with Gasteiger partial charge in [-0.25, -0.2) is 0 Å². The second-order valence-corrected chi connectivity index (χ2v) is 5.82. The number of carbonyl (C=O) groups excluding carboxylic acids is 2. The predicted octanol–water partition coefficient (Wildman–Crippen LogP) is 2.05. The van der Waals surface area contributed by atoms with Crippen LogP contribution in [0.4, 0.5) is 5.69 Å². The number of benzene rings is 2. The lowest BCUT2D eigenvalue weighted by molar-refractivity contribution is -0.266. The molecule has 0 unspecified atom stereocenters. The number of methoxy groups -OCH3 is 1. The van der Waals surface area contributed by atoms with E-state index in [2.05, 4.69) is 4.98 Å². The molecule has 3 rings (SSSR count). The summed E-state index contributed by atoms with van der Waals surface area (Å²) in [7, 11) is 1.58. The largest absolute Gasteiger partial charge is 0.867 e. The average molecular weight is 355 g/mol. The molecule has 8 nitrogen and oxygen atoms in total. The Hall–Kier alpha value is -3.02. The van der Waals surface area contributed by atoms with Gasteiger partial charge in [0.25, 0.3) is 11.8 Å². The molecular weight excluding hydrogens is 338 g/mol. The molecule has 0 aliphatic carbocycles. The molecule has 0 bridgehead atoms. The molecule has 1 aliphatic rings. The van der Waals surface area contributed by atoms with Crippen LogP contribution in [0.15, 0.2) is 24.3 Å². The van der Waals surface area contributed by atoms with Gasteiger partial charge >= 0.3 is 5.69 Å². The molecule has 0 fully saturated rings. The third-order valence-electron chi connectivity index (χ3n) is 4.25. The predicted molar refractivity (Wildman–Crippen MR) is 90.8 cm³/mol. The lowest BCUT2D eigenvalue weighted by Crippen LogP contribution is -2.41. The first-order valence-corrected chi connectivity index (χ1v) is 8.15. The first kappa shape index (κ1) is 17.8. The van der Waals surface area contributed by atoms with Gasteiger partial charge in [-0.1, -0.05) is 6.07 Å². The maximum Gasteiger partial charge on any atom is 0.385 e. The summed E-state index contributed by atoms with van der Waals surface area (Å²) in [6.45, 7) is 1.47. The Bertz CT molecular complexity index is 919. The quantitative estimate of drug-likeness (QED) is 0.427. The smallest absolute Gasteiger partial charge is 0.385 e. The lowest BCUT2D eigenvalue weighted by Gasteiger charge is -2.27. The molecule has 1 heterocycles. The number of nitrogens with zero attached hydrogens (tertiary/aromatic N) is 3. The Morgan fingerprint density at radius 1 is 1.15 bits per heavy atom. The van der Waals surface area contributed by atoms with E-state index in [-0.39, 0.29) is 23.2 Å². The van der Waals surface area contributed by atoms with E-state index in [0.717, 1.165) is 11.0 Å². The Balaban J connectivity index is 1.89. The zero-order valence-corrected chi connectivity index (χ0v) is 14.2. The molecule has 0 aromatic heterocycles. The Morgan fingerprint density at radius 2 is 1.92 bits per heavy atom. The number of rotatable bonds is 7. The molecule has 0 saturated carbocycles. The van der Waals surface area contributed by atoms with Crippen LogP contribution in [0.3, 0.4) is 0 Å². The van der Waals surface area contributed by atoms with Crippen molar-refractivity contribution in [3.63, 3.8) is 0 Å². The molecule has 2 aromatic rings. The standard InChI is InChI=1S/C18H17N3O5/c1-25-8-9-26-7-3-6-21-17(23)12-5-2-4-11-15(12)13(18(21)24)10-14(22)16(11)20-19/h2,4-5,10H,3,6-9H2,1H3. The highest BCUT2D eigenvalue weighted by atomic mass is 16.5. The van der Waals surface area contributed by atoms with E-state index in [0.29, 0.717) is 37.2 Å². The molecular formula is C18H17N3O5. The highest BCUT2D eigenvalue weighted by molar-refractivity contribution is 6.27. The van der Waals surface area contributed by atoms with Crippen LogP contribution < -0.4 is 5.11 Å². The minimum atomic E-state index is -0.572. The van der Waals surface area contributed by atoms with E-state index in [1.54, 1.807) is 25.3 Å². The molecule has 0 N–H and O–H groups in total. The molecule has 2 aromatic carbocycles. The maximum atomic E-state index is 12.7. The van der Waals surface area contributed by atoms with Crippen LogP contribution in [-0.4, -0.2) is 50.2 Å². The Labute approximate surface area is 149 Å². The van der Waals surface area contributed by atoms with Gasteiger partial charge in [0, 0.05) is 36.8 Å². The van der Waals surface area contributed by atoms with Crippen LogP contribution >= 0.6 is 0 Å². The minimum Gasteiger partial charge on any atom is -0.867 e. The van der Waals surface area contributed by atoms with E-state index in [9.17, 15) is 14.7 Å². The molecule has 26 heavy (non-hydrogen) atoms. The fourth-order valence-corrected chi connectivity index (χ4v) is 3.05. The third-order valence-corrected chi connectivity index (χ3v) is 4.25. The first-order valence-electron chi connectivity index (χ1n) is 8.15. The van der Waals surface area contributed by atoms with Gasteiger partial charge in [0.1, 0.15) is 0 Å². The maximum absolute atomic E-state index is 12.7. The minimum absolute atomic E-state index is 0.146. The molecule has 0 saturated heterocycles. The van der Waals surface area contributed by atoms with Gasteiger partial charge in [-0.2, -0.15) is 0 Å². The van der Waals surface area contributed by atoms with Gasteiger partial charge in [-0.05, 0) is 30.4 Å². The number of diazo groups is 1. The molecule has 0 spiro atoms. The second kappa shape index (κ2) is 7.47. The highest BCUT2D eigenvalue weighted by Gasteiger charge is 2.34. The summed E-state index contributed by atoms with van der Waals surface area (Å²) in [5, 5.41) is 21.9. The van der Waals surface area contributed by atoms with Crippen molar-refractivity contribution in [1.82, 2.24) is 4.90 Å². The number of imide groups is 1. The van der Waals surface area contributed by atoms with Crippen molar-refractivity contribution in [3.8, 4) is 5.75 Å². The van der Waals surface area contributed by atoms with Gasteiger partial charge in [0.05, 0.1) is 18.6 Å². The molecule has 134 valence electrons. The van der Waals surface area contributed by atoms with Crippen molar-refractivity contribution in [2.75, 3.05) is 33.5 Å². The second-order valence-electron chi connectivity index (χ2n) is 5.82. The summed E-state index contributed by atoms with van der Waals surface area (Å²) in [5.74, 6) is -1.54. The van der Waals surface area contributed by atoms with Gasteiger partial charge in [-0.3, -0.25) is 14.5 Å². The van der Waals surface area contributed by atoms with Crippen LogP contribution in [-0.2, 0) is 9.47 Å². The summed E-state index contributed by atoms with van der Waals surface area (Å²) in [4.78, 5) is 29.6. The fraction of sp³-hybridized carbons (Fsp3) is 0.333. The zero-order chi connectivity index (χ0) is 18.7. The Morgan fingerprint density at radius 3 is 2.65 bits per heavy atom. The number of ether oxygens (including phenoxy) is 2. The monoisotopic (exact) mass is 355 g/mol. The topological polar surface area (TPSA) is 107 Å². The van der Waals surface area contributed by atoms with Gasteiger partial charge in [0.2, 0.25) is 5.39 Å². The van der Waals surface area contributed by atoms with Crippen LogP contribution in [0, 0.1) is 5.39 Å². The third kappa shape index (κ3) is 2.98. The summed E-state index contributed by atoms with van der Waals surface area (Å²) in [5.41, 5.74) is 0.279. The lowest BCUT2D eigenvalue weighted by atomic mass is 9.92. The average Bonchev–Trinajstić information content (AvgIpc) is 2.64. The number of hydrogen-bond donors (Lipinski definition) is 0. The molecule has 2 amide bonds. The van der Waals surface area contributed by atoms with Gasteiger partial charge < -0.3 is 14.6 Å². The Kier molecular flexibility index (Phi) is 5.11. The summed E-state index contributed by atoms with van der Waals surface area (Å²) in [6, 6.07) is 5.86. The van der Waals surface area contributed by atoms with Crippen molar-refractivity contribution >= 4 is 28.3 Å². The van der Waals surface area contributed by atoms with Crippen LogP contribution in [0.5, 0.6) is 5.75 Å². The van der Waals surface area contributed by atoms with E-state index in [4.69, 9.17) is 14.9 Å². The van der Waals surface area contributed by atoms with Crippen molar-refractivity contribution in [3.05, 3.63) is 40.4 Å². The van der Waals surface area contributed by atoms with E-state index >= 15 is 0 Å². The zero-order valence-electron chi connectivity index (χ0n) is 14.2. The summed E-state index contributed by atoms with van der Waals surface area (Å²) >= 11 is 0. The van der Waals surface area contributed by atoms with Crippen molar-refractivity contribution in [1.29, 1.82) is 5.39 Å². The fourth-order valence-electron chi connectivity index (χ4n) is 3.05. The normalized spacial score (nSPS) is 13.3. The molecule has 0 atom stereocenters. The number of carbonyl (C=O) groups is 2. The van der Waals surface area contributed by atoms with Crippen LogP contribution in [0.1, 0.15) is 27.1 Å². The van der Waals surface area contributed by atoms with Crippen molar-refractivity contribution in [2.45, 2.75) is 6.42 Å². The van der Waals surface area contributed by atoms with Crippen LogP contribution in [0.25, 0.3) is 15.7 Å². The van der Waals surface area contributed by atoms with Crippen molar-refractivity contribution < 1.29 is 24.2 Å². The van der Waals surface area contributed by atoms with E-state index < -0.39 is 17.6 Å². The SMILES string of the molecule is COCCOCCCN1C(=O)c2cccc3c([N+]#N)c([O-])cc(c23)C1=O. The summed E-state index contributed by atoms with van der Waals surface area (Å²) in [6.07, 6.45) is 0.473. The van der Waals surface area contributed by atoms with Gasteiger partial charge in [-0.15, -0.1) is 0 Å². The summed E-state index contributed by atoms with van der Waals surface area (Å²) < 4.78 is 10.2. The number of hydrogen-bond acceptors (Lipinski definition) is 6. The molecule has 1 aliphatic heterocycles. The number of amides is 2. The van der Waals surface area contributed by atoms with Gasteiger partial charge in [0.15, 0.2) is 4.98 Å². The van der Waals surface area contributed by atoms with E-state index in [1.807, 2.05) is 0 Å². The van der Waals surface area contributed by atoms with Crippen LogP contribution in [0.2, 0.25) is 0 Å². The molecule has 8 heteroatoms. The highest BCUT2D eigenvalue weighted by Crippen LogP contribution is 2.40. The van der Waals surface area contributed by atoms with E-state index in [1.165, 1.54) is 0 Å². The van der Waals surface area contributed by atoms with Crippen molar-refractivity contribution in [2.24, 2.45) is 0 Å².